The topological polar surface area (TPSA) is 48.4 Å². The summed E-state index contributed by atoms with van der Waals surface area (Å²) < 4.78 is 10.7. The van der Waals surface area contributed by atoms with E-state index in [1.807, 2.05) is 32.9 Å². The van der Waals surface area contributed by atoms with Gasteiger partial charge in [0.25, 0.3) is 0 Å². The Morgan fingerprint density at radius 2 is 2.11 bits per heavy atom. The van der Waals surface area contributed by atoms with Gasteiger partial charge in [0.15, 0.2) is 5.78 Å². The molecule has 0 aromatic carbocycles. The molecule has 1 rings (SSSR count). The molecule has 0 saturated carbocycles. The van der Waals surface area contributed by atoms with Crippen LogP contribution in [0.1, 0.15) is 38.4 Å². The van der Waals surface area contributed by atoms with E-state index < -0.39 is 0 Å². The van der Waals surface area contributed by atoms with Crippen molar-refractivity contribution >= 4 is 5.78 Å². The molecule has 0 saturated heterocycles. The highest BCUT2D eigenvalue weighted by Crippen LogP contribution is 2.04. The minimum absolute atomic E-state index is 0.116. The van der Waals surface area contributed by atoms with Crippen molar-refractivity contribution in [1.82, 2.24) is 4.98 Å². The number of carbonyl (C=O) groups excluding carboxylic acids is 1. The van der Waals surface area contributed by atoms with Gasteiger partial charge in [-0.2, -0.15) is 0 Å². The summed E-state index contributed by atoms with van der Waals surface area (Å²) in [7, 11) is 0. The van der Waals surface area contributed by atoms with Gasteiger partial charge in [0.2, 0.25) is 0 Å². The molecule has 4 heteroatoms. The van der Waals surface area contributed by atoms with Crippen molar-refractivity contribution < 1.29 is 14.3 Å². The first kappa shape index (κ1) is 14.8. The van der Waals surface area contributed by atoms with Gasteiger partial charge >= 0.3 is 0 Å². The second-order valence-corrected chi connectivity index (χ2v) is 4.40. The fourth-order valence-electron chi connectivity index (χ4n) is 1.26. The number of nitrogens with zero attached hydrogens (tertiary/aromatic N) is 1. The third-order valence-electron chi connectivity index (χ3n) is 2.38. The van der Waals surface area contributed by atoms with Crippen molar-refractivity contribution in [1.29, 1.82) is 0 Å². The average Bonchev–Trinajstić information content (AvgIpc) is 2.37. The van der Waals surface area contributed by atoms with Crippen molar-refractivity contribution in [3.63, 3.8) is 0 Å². The monoisotopic (exact) mass is 251 g/mol. The van der Waals surface area contributed by atoms with Gasteiger partial charge in [0.1, 0.15) is 6.61 Å². The van der Waals surface area contributed by atoms with E-state index >= 15 is 0 Å². The van der Waals surface area contributed by atoms with E-state index in [0.717, 1.165) is 11.3 Å². The van der Waals surface area contributed by atoms with Crippen LogP contribution in [0.4, 0.5) is 0 Å². The van der Waals surface area contributed by atoms with Crippen LogP contribution in [0, 0.1) is 0 Å². The lowest BCUT2D eigenvalue weighted by atomic mass is 10.2. The lowest BCUT2D eigenvalue weighted by Crippen LogP contribution is -2.07. The van der Waals surface area contributed by atoms with Crippen LogP contribution in [0.2, 0.25) is 0 Å². The molecule has 1 heterocycles. The van der Waals surface area contributed by atoms with E-state index in [2.05, 4.69) is 4.98 Å². The second kappa shape index (κ2) is 7.95. The molecular formula is C14H21NO3. The van der Waals surface area contributed by atoms with E-state index in [1.165, 1.54) is 0 Å². The number of rotatable bonds is 8. The van der Waals surface area contributed by atoms with E-state index in [4.69, 9.17) is 9.47 Å². The van der Waals surface area contributed by atoms with Crippen LogP contribution in [-0.4, -0.2) is 23.5 Å². The van der Waals surface area contributed by atoms with Gasteiger partial charge in [-0.1, -0.05) is 13.0 Å². The van der Waals surface area contributed by atoms with Gasteiger partial charge in [-0.3, -0.25) is 9.78 Å². The minimum atomic E-state index is 0.116. The van der Waals surface area contributed by atoms with Crippen molar-refractivity contribution in [3.8, 4) is 0 Å². The SMILES string of the molecule is CCC(=O)COCc1ccc(COC(C)C)nc1. The third kappa shape index (κ3) is 5.89. The number of carbonyl (C=O) groups is 1. The van der Waals surface area contributed by atoms with Crippen molar-refractivity contribution in [2.45, 2.75) is 46.5 Å². The lowest BCUT2D eigenvalue weighted by molar-refractivity contribution is -0.123. The van der Waals surface area contributed by atoms with Gasteiger partial charge in [-0.25, -0.2) is 0 Å². The molecule has 0 fully saturated rings. The predicted molar refractivity (Wildman–Crippen MR) is 69.1 cm³/mol. The summed E-state index contributed by atoms with van der Waals surface area (Å²) in [5.41, 5.74) is 1.87. The highest BCUT2D eigenvalue weighted by Gasteiger charge is 2.01. The standard InChI is InChI=1S/C14H21NO3/c1-4-14(16)10-17-8-12-5-6-13(15-7-12)9-18-11(2)3/h5-7,11H,4,8-10H2,1-3H3. The lowest BCUT2D eigenvalue weighted by Gasteiger charge is -2.07. The highest BCUT2D eigenvalue weighted by atomic mass is 16.5. The molecule has 0 bridgehead atoms. The van der Waals surface area contributed by atoms with Crippen molar-refractivity contribution in [3.05, 3.63) is 29.6 Å². The van der Waals surface area contributed by atoms with E-state index in [0.29, 0.717) is 19.6 Å². The zero-order chi connectivity index (χ0) is 13.4. The fraction of sp³-hybridized carbons (Fsp3) is 0.571. The molecule has 0 amide bonds. The molecular weight excluding hydrogens is 230 g/mol. The maximum absolute atomic E-state index is 11.0. The van der Waals surface area contributed by atoms with Crippen LogP contribution < -0.4 is 0 Å². The van der Waals surface area contributed by atoms with Gasteiger partial charge in [0, 0.05) is 12.6 Å². The average molecular weight is 251 g/mol. The molecule has 0 aliphatic heterocycles. The summed E-state index contributed by atoms with van der Waals surface area (Å²) in [4.78, 5) is 15.3. The minimum Gasteiger partial charge on any atom is -0.373 e. The molecule has 0 aliphatic carbocycles. The highest BCUT2D eigenvalue weighted by molar-refractivity contribution is 5.79. The van der Waals surface area contributed by atoms with Crippen LogP contribution in [-0.2, 0) is 27.5 Å². The first-order valence-electron chi connectivity index (χ1n) is 6.26. The summed E-state index contributed by atoms with van der Waals surface area (Å²) in [5, 5.41) is 0. The molecule has 0 atom stereocenters. The summed E-state index contributed by atoms with van der Waals surface area (Å²) in [6.45, 7) is 6.93. The first-order chi connectivity index (χ1) is 8.61. The smallest absolute Gasteiger partial charge is 0.158 e. The quantitative estimate of drug-likeness (QED) is 0.712. The van der Waals surface area contributed by atoms with Crippen LogP contribution in [0.15, 0.2) is 18.3 Å². The molecule has 0 radical (unpaired) electrons. The number of ether oxygens (including phenoxy) is 2. The zero-order valence-electron chi connectivity index (χ0n) is 11.3. The number of ketones is 1. The normalized spacial score (nSPS) is 10.9. The van der Waals surface area contributed by atoms with Crippen LogP contribution >= 0.6 is 0 Å². The van der Waals surface area contributed by atoms with Crippen LogP contribution in [0.25, 0.3) is 0 Å². The Hall–Kier alpha value is -1.26. The summed E-state index contributed by atoms with van der Waals surface area (Å²) >= 11 is 0. The van der Waals surface area contributed by atoms with Crippen LogP contribution in [0.5, 0.6) is 0 Å². The molecule has 0 aliphatic rings. The Kier molecular flexibility index (Phi) is 6.54. The van der Waals surface area contributed by atoms with E-state index in [1.54, 1.807) is 6.20 Å². The largest absolute Gasteiger partial charge is 0.373 e. The van der Waals surface area contributed by atoms with Gasteiger partial charge < -0.3 is 9.47 Å². The third-order valence-corrected chi connectivity index (χ3v) is 2.38. The molecule has 1 aromatic rings. The van der Waals surface area contributed by atoms with E-state index in [9.17, 15) is 4.79 Å². The van der Waals surface area contributed by atoms with Crippen molar-refractivity contribution in [2.24, 2.45) is 0 Å². The Morgan fingerprint density at radius 1 is 1.33 bits per heavy atom. The predicted octanol–water partition coefficient (Wildman–Crippen LogP) is 2.50. The van der Waals surface area contributed by atoms with Crippen LogP contribution in [0.3, 0.4) is 0 Å². The Balaban J connectivity index is 2.33. The molecule has 0 N–H and O–H groups in total. The van der Waals surface area contributed by atoms with Gasteiger partial charge in [-0.05, 0) is 25.5 Å². The summed E-state index contributed by atoms with van der Waals surface area (Å²) in [6, 6.07) is 3.87. The Morgan fingerprint density at radius 3 is 2.67 bits per heavy atom. The number of hydrogen-bond donors (Lipinski definition) is 0. The summed E-state index contributed by atoms with van der Waals surface area (Å²) in [5.74, 6) is 0.116. The molecule has 100 valence electrons. The van der Waals surface area contributed by atoms with Crippen molar-refractivity contribution in [2.75, 3.05) is 6.61 Å². The first-order valence-corrected chi connectivity index (χ1v) is 6.26. The number of pyridine rings is 1. The van der Waals surface area contributed by atoms with Gasteiger partial charge in [0.05, 0.1) is 25.0 Å². The molecule has 0 spiro atoms. The molecule has 0 unspecified atom stereocenters. The fourth-order valence-corrected chi connectivity index (χ4v) is 1.26. The van der Waals surface area contributed by atoms with Gasteiger partial charge in [-0.15, -0.1) is 0 Å². The maximum atomic E-state index is 11.0. The molecule has 4 nitrogen and oxygen atoms in total. The Labute approximate surface area is 108 Å². The maximum Gasteiger partial charge on any atom is 0.158 e. The number of Topliss-reactive ketones (excluding diaryl/α,β-unsaturated/α-hetero) is 1. The summed E-state index contributed by atoms with van der Waals surface area (Å²) in [6.07, 6.45) is 2.48. The second-order valence-electron chi connectivity index (χ2n) is 4.40. The number of hydrogen-bond acceptors (Lipinski definition) is 4. The molecule has 1 aromatic heterocycles. The number of aromatic nitrogens is 1. The zero-order valence-corrected chi connectivity index (χ0v) is 11.3. The van der Waals surface area contributed by atoms with E-state index in [-0.39, 0.29) is 18.5 Å². The molecule has 18 heavy (non-hydrogen) atoms. The Bertz CT molecular complexity index is 360.